The van der Waals surface area contributed by atoms with Crippen LogP contribution in [0.25, 0.3) is 0 Å². The van der Waals surface area contributed by atoms with Crippen LogP contribution in [0.1, 0.15) is 22.1 Å². The molecule has 1 unspecified atom stereocenters. The van der Waals surface area contributed by atoms with Crippen molar-refractivity contribution in [2.24, 2.45) is 0 Å². The van der Waals surface area contributed by atoms with Gasteiger partial charge in [-0.25, -0.2) is 0 Å². The summed E-state index contributed by atoms with van der Waals surface area (Å²) in [6, 6.07) is 5.50. The maximum Gasteiger partial charge on any atom is 0.135 e. The van der Waals surface area contributed by atoms with Crippen LogP contribution in [0.15, 0.2) is 23.6 Å². The molecule has 3 nitrogen and oxygen atoms in total. The Labute approximate surface area is 120 Å². The van der Waals surface area contributed by atoms with E-state index >= 15 is 0 Å². The van der Waals surface area contributed by atoms with Crippen LogP contribution < -0.4 is 9.47 Å². The first-order valence-electron chi connectivity index (χ1n) is 5.95. The fourth-order valence-electron chi connectivity index (χ4n) is 2.32. The topological polar surface area (TPSA) is 38.7 Å². The highest BCUT2D eigenvalue weighted by Crippen LogP contribution is 2.42. The predicted molar refractivity (Wildman–Crippen MR) is 75.6 cm³/mol. The SMILES string of the molecule is COc1ccsc1C(O)c1cc(Cl)cc2c1OCC2. The van der Waals surface area contributed by atoms with Gasteiger partial charge in [0.2, 0.25) is 0 Å². The third-order valence-corrected chi connectivity index (χ3v) is 4.37. The summed E-state index contributed by atoms with van der Waals surface area (Å²) >= 11 is 7.57. The quantitative estimate of drug-likeness (QED) is 0.943. The number of methoxy groups -OCH3 is 1. The van der Waals surface area contributed by atoms with Gasteiger partial charge >= 0.3 is 0 Å². The van der Waals surface area contributed by atoms with Crippen LogP contribution in [0.4, 0.5) is 0 Å². The molecule has 0 spiro atoms. The molecule has 19 heavy (non-hydrogen) atoms. The first kappa shape index (κ1) is 12.8. The molecule has 1 N–H and O–H groups in total. The van der Waals surface area contributed by atoms with Crippen molar-refractivity contribution in [1.82, 2.24) is 0 Å². The van der Waals surface area contributed by atoms with Crippen LogP contribution in [0.3, 0.4) is 0 Å². The third kappa shape index (κ3) is 2.20. The minimum atomic E-state index is -0.777. The number of ether oxygens (including phenoxy) is 2. The van der Waals surface area contributed by atoms with Gasteiger partial charge in [0.1, 0.15) is 17.6 Å². The molecule has 5 heteroatoms. The highest BCUT2D eigenvalue weighted by molar-refractivity contribution is 7.10. The molecule has 0 fully saturated rings. The van der Waals surface area contributed by atoms with Gasteiger partial charge in [0, 0.05) is 17.0 Å². The Hall–Kier alpha value is -1.23. The molecule has 1 aliphatic heterocycles. The van der Waals surface area contributed by atoms with Crippen molar-refractivity contribution >= 4 is 22.9 Å². The molecule has 0 bridgehead atoms. The van der Waals surface area contributed by atoms with E-state index in [0.717, 1.165) is 22.6 Å². The highest BCUT2D eigenvalue weighted by Gasteiger charge is 2.25. The van der Waals surface area contributed by atoms with E-state index in [1.54, 1.807) is 13.2 Å². The Morgan fingerprint density at radius 2 is 2.32 bits per heavy atom. The molecule has 2 aromatic rings. The maximum absolute atomic E-state index is 10.6. The molecule has 2 heterocycles. The summed E-state index contributed by atoms with van der Waals surface area (Å²) in [7, 11) is 1.59. The van der Waals surface area contributed by atoms with Crippen molar-refractivity contribution in [3.8, 4) is 11.5 Å². The molecule has 100 valence electrons. The van der Waals surface area contributed by atoms with E-state index in [4.69, 9.17) is 21.1 Å². The number of aliphatic hydroxyl groups is 1. The van der Waals surface area contributed by atoms with Crippen molar-refractivity contribution < 1.29 is 14.6 Å². The average molecular weight is 297 g/mol. The summed E-state index contributed by atoms with van der Waals surface area (Å²) in [4.78, 5) is 0.766. The van der Waals surface area contributed by atoms with E-state index in [9.17, 15) is 5.11 Å². The first-order chi connectivity index (χ1) is 9.20. The van der Waals surface area contributed by atoms with Crippen molar-refractivity contribution in [3.05, 3.63) is 44.6 Å². The Balaban J connectivity index is 2.07. The molecule has 0 saturated heterocycles. The maximum atomic E-state index is 10.6. The average Bonchev–Trinajstić information content (AvgIpc) is 3.04. The Kier molecular flexibility index (Phi) is 3.39. The standard InChI is InChI=1S/C14H13ClO3S/c1-17-11-3-5-19-14(11)12(16)10-7-9(15)6-8-2-4-18-13(8)10/h3,5-7,12,16H,2,4H2,1H3. The van der Waals surface area contributed by atoms with E-state index in [0.29, 0.717) is 22.9 Å². The van der Waals surface area contributed by atoms with E-state index < -0.39 is 6.10 Å². The van der Waals surface area contributed by atoms with Crippen LogP contribution in [0.2, 0.25) is 5.02 Å². The van der Waals surface area contributed by atoms with Gasteiger partial charge in [-0.1, -0.05) is 11.6 Å². The van der Waals surface area contributed by atoms with Crippen molar-refractivity contribution in [2.75, 3.05) is 13.7 Å². The van der Waals surface area contributed by atoms with E-state index in [1.807, 2.05) is 17.5 Å². The summed E-state index contributed by atoms with van der Waals surface area (Å²) in [5, 5.41) is 13.1. The molecule has 0 amide bonds. The lowest BCUT2D eigenvalue weighted by Crippen LogP contribution is -2.02. The Bertz CT molecular complexity index is 609. The zero-order valence-corrected chi connectivity index (χ0v) is 11.9. The third-order valence-electron chi connectivity index (χ3n) is 3.20. The Morgan fingerprint density at radius 3 is 3.11 bits per heavy atom. The number of benzene rings is 1. The number of halogens is 1. The number of hydrogen-bond donors (Lipinski definition) is 1. The zero-order chi connectivity index (χ0) is 13.4. The summed E-state index contributed by atoms with van der Waals surface area (Å²) in [6.45, 7) is 0.636. The van der Waals surface area contributed by atoms with Crippen molar-refractivity contribution in [1.29, 1.82) is 0 Å². The van der Waals surface area contributed by atoms with Gasteiger partial charge in [-0.05, 0) is 29.1 Å². The summed E-state index contributed by atoms with van der Waals surface area (Å²) < 4.78 is 10.9. The highest BCUT2D eigenvalue weighted by atomic mass is 35.5. The Morgan fingerprint density at radius 1 is 1.47 bits per heavy atom. The molecule has 0 saturated carbocycles. The number of thiophene rings is 1. The lowest BCUT2D eigenvalue weighted by atomic mass is 10.0. The summed E-state index contributed by atoms with van der Waals surface area (Å²) in [5.74, 6) is 1.44. The van der Waals surface area contributed by atoms with E-state index in [2.05, 4.69) is 0 Å². The van der Waals surface area contributed by atoms with Crippen LogP contribution in [0.5, 0.6) is 11.5 Å². The van der Waals surface area contributed by atoms with Gasteiger partial charge in [-0.2, -0.15) is 0 Å². The molecule has 1 aromatic carbocycles. The summed E-state index contributed by atoms with van der Waals surface area (Å²) in [6.07, 6.45) is 0.0532. The zero-order valence-electron chi connectivity index (χ0n) is 10.4. The number of fused-ring (bicyclic) bond motifs is 1. The molecule has 1 aromatic heterocycles. The first-order valence-corrected chi connectivity index (χ1v) is 7.21. The second-order valence-electron chi connectivity index (χ2n) is 4.34. The van der Waals surface area contributed by atoms with Gasteiger partial charge in [0.15, 0.2) is 0 Å². The molecule has 0 aliphatic carbocycles. The fraction of sp³-hybridized carbons (Fsp3) is 0.286. The lowest BCUT2D eigenvalue weighted by Gasteiger charge is -2.15. The number of hydrogen-bond acceptors (Lipinski definition) is 4. The minimum absolute atomic E-state index is 0.619. The largest absolute Gasteiger partial charge is 0.495 e. The minimum Gasteiger partial charge on any atom is -0.495 e. The second kappa shape index (κ2) is 5.04. The number of rotatable bonds is 3. The summed E-state index contributed by atoms with van der Waals surface area (Å²) in [5.41, 5.74) is 1.76. The van der Waals surface area contributed by atoms with Crippen molar-refractivity contribution in [3.63, 3.8) is 0 Å². The van der Waals surface area contributed by atoms with Gasteiger partial charge < -0.3 is 14.6 Å². The van der Waals surface area contributed by atoms with E-state index in [-0.39, 0.29) is 0 Å². The van der Waals surface area contributed by atoms with Gasteiger partial charge in [0.25, 0.3) is 0 Å². The van der Waals surface area contributed by atoms with Gasteiger partial charge in [-0.3, -0.25) is 0 Å². The van der Waals surface area contributed by atoms with Crippen LogP contribution in [-0.2, 0) is 6.42 Å². The lowest BCUT2D eigenvalue weighted by molar-refractivity contribution is 0.213. The normalized spacial score (nSPS) is 14.9. The predicted octanol–water partition coefficient (Wildman–Crippen LogP) is 3.43. The fourth-order valence-corrected chi connectivity index (χ4v) is 3.43. The smallest absolute Gasteiger partial charge is 0.135 e. The molecular formula is C14H13ClO3S. The van der Waals surface area contributed by atoms with E-state index in [1.165, 1.54) is 11.3 Å². The van der Waals surface area contributed by atoms with Gasteiger partial charge in [0.05, 0.1) is 18.6 Å². The van der Waals surface area contributed by atoms with Crippen molar-refractivity contribution in [2.45, 2.75) is 12.5 Å². The van der Waals surface area contributed by atoms with Crippen LogP contribution in [-0.4, -0.2) is 18.8 Å². The van der Waals surface area contributed by atoms with Gasteiger partial charge in [-0.15, -0.1) is 11.3 Å². The van der Waals surface area contributed by atoms with Crippen LogP contribution >= 0.6 is 22.9 Å². The monoisotopic (exact) mass is 296 g/mol. The molecule has 0 radical (unpaired) electrons. The molecule has 1 atom stereocenters. The second-order valence-corrected chi connectivity index (χ2v) is 5.72. The molecular weight excluding hydrogens is 284 g/mol. The number of aliphatic hydroxyl groups excluding tert-OH is 1. The van der Waals surface area contributed by atoms with Crippen LogP contribution in [0, 0.1) is 0 Å². The molecule has 1 aliphatic rings. The molecule has 3 rings (SSSR count).